The van der Waals surface area contributed by atoms with Gasteiger partial charge in [-0.05, 0) is 0 Å². The number of ether oxygens (including phenoxy) is 4. The average Bonchev–Trinajstić information content (AvgIpc) is 3.38. The number of methoxy groups -OCH3 is 2. The van der Waals surface area contributed by atoms with Crippen LogP contribution in [0, 0.1) is 0 Å². The van der Waals surface area contributed by atoms with E-state index in [9.17, 15) is 38.8 Å². The van der Waals surface area contributed by atoms with Gasteiger partial charge < -0.3 is 34.1 Å². The zero-order valence-corrected chi connectivity index (χ0v) is 21.3. The van der Waals surface area contributed by atoms with Crippen LogP contribution in [0.3, 0.4) is 0 Å². The molecule has 1 unspecified atom stereocenters. The van der Waals surface area contributed by atoms with Crippen LogP contribution in [-0.4, -0.2) is 98.3 Å². The van der Waals surface area contributed by atoms with Gasteiger partial charge in [0.05, 0.1) is 24.3 Å². The molecule has 19 heteroatoms. The molecule has 3 aliphatic heterocycles. The first-order valence-corrected chi connectivity index (χ1v) is 13.0. The Morgan fingerprint density at radius 1 is 0.974 bits per heavy atom. The molecule has 3 aliphatic rings. The van der Waals surface area contributed by atoms with Gasteiger partial charge >= 0.3 is 19.2 Å². The van der Waals surface area contributed by atoms with E-state index in [2.05, 4.69) is 4.98 Å². The quantitative estimate of drug-likeness (QED) is 0.225. The molecule has 0 aliphatic carbocycles. The molecule has 8 bridgehead atoms. The smallest absolute Gasteiger partial charge is 0.394 e. The van der Waals surface area contributed by atoms with Gasteiger partial charge in [-0.25, -0.2) is 14.2 Å². The molecule has 2 aromatic heterocycles. The van der Waals surface area contributed by atoms with Crippen LogP contribution in [0.25, 0.3) is 11.1 Å². The van der Waals surface area contributed by atoms with Gasteiger partial charge in [-0.15, -0.1) is 0 Å². The Balaban J connectivity index is 1.75. The molecule has 2 aromatic rings. The largest absolute Gasteiger partial charge is 0.472 e. The summed E-state index contributed by atoms with van der Waals surface area (Å²) < 4.78 is 46.9. The number of nitrogens with one attached hydrogen (secondary N) is 2. The number of phosphoric ester groups is 1. The summed E-state index contributed by atoms with van der Waals surface area (Å²) in [5.74, 6) is 0. The molecule has 2 fully saturated rings. The van der Waals surface area contributed by atoms with Crippen molar-refractivity contribution in [2.45, 2.75) is 49.1 Å². The Hall–Kier alpha value is -2.77. The van der Waals surface area contributed by atoms with Crippen molar-refractivity contribution >= 4 is 7.82 Å². The van der Waals surface area contributed by atoms with Crippen molar-refractivity contribution in [1.29, 1.82) is 0 Å². The lowest BCUT2D eigenvalue weighted by molar-refractivity contribution is -0.0661. The fraction of sp³-hybridized carbons (Fsp3) is 0.600. The van der Waals surface area contributed by atoms with Crippen LogP contribution < -0.4 is 22.5 Å². The van der Waals surface area contributed by atoms with Gasteiger partial charge in [0.25, 0.3) is 11.1 Å². The van der Waals surface area contributed by atoms with Crippen LogP contribution >= 0.6 is 7.82 Å². The molecular weight excluding hydrogens is 551 g/mol. The third-order valence-electron chi connectivity index (χ3n) is 6.75. The fourth-order valence-corrected chi connectivity index (χ4v) is 5.84. The maximum atomic E-state index is 12.9. The fourth-order valence-electron chi connectivity index (χ4n) is 4.88. The number of phosphoric acid groups is 1. The summed E-state index contributed by atoms with van der Waals surface area (Å²) in [6, 6.07) is 0. The number of H-pyrrole nitrogens is 2. The molecule has 39 heavy (non-hydrogen) atoms. The number of hydrogen-bond acceptors (Lipinski definition) is 13. The molecule has 214 valence electrons. The molecule has 2 saturated heterocycles. The lowest BCUT2D eigenvalue weighted by atomic mass is 10.1. The third-order valence-corrected chi connectivity index (χ3v) is 7.74. The molecule has 18 nitrogen and oxygen atoms in total. The van der Waals surface area contributed by atoms with Crippen molar-refractivity contribution in [3.05, 3.63) is 54.1 Å². The van der Waals surface area contributed by atoms with Crippen LogP contribution in [-0.2, 0) is 32.6 Å². The van der Waals surface area contributed by atoms with Gasteiger partial charge in [-0.3, -0.25) is 37.7 Å². The van der Waals surface area contributed by atoms with Crippen molar-refractivity contribution in [3.8, 4) is 11.1 Å². The van der Waals surface area contributed by atoms with Crippen LogP contribution in [0.5, 0.6) is 0 Å². The monoisotopic (exact) mass is 576 g/mol. The Labute approximate surface area is 216 Å². The summed E-state index contributed by atoms with van der Waals surface area (Å²) in [5.41, 5.74) is -4.70. The summed E-state index contributed by atoms with van der Waals surface area (Å²) in [4.78, 5) is 65.6. The number of nitrogens with zero attached hydrogens (tertiary/aromatic N) is 2. The second-order valence-corrected chi connectivity index (χ2v) is 10.4. The van der Waals surface area contributed by atoms with Gasteiger partial charge in [0.15, 0.2) is 12.5 Å². The number of fused-ring (bicyclic) bond motifs is 11. The molecular formula is C20H25N4O14P. The number of hydrogen-bond donors (Lipinski definition) is 5. The first-order valence-electron chi connectivity index (χ1n) is 11.5. The van der Waals surface area contributed by atoms with Crippen LogP contribution in [0.1, 0.15) is 12.5 Å². The summed E-state index contributed by atoms with van der Waals surface area (Å²) >= 11 is 0. The number of aromatic nitrogens is 4. The normalized spacial score (nSPS) is 36.2. The van der Waals surface area contributed by atoms with Crippen LogP contribution in [0.2, 0.25) is 0 Å². The molecule has 9 atom stereocenters. The van der Waals surface area contributed by atoms with Gasteiger partial charge in [0, 0.05) is 26.6 Å². The molecule has 0 radical (unpaired) electrons. The van der Waals surface area contributed by atoms with E-state index in [-0.39, 0.29) is 11.1 Å². The van der Waals surface area contributed by atoms with E-state index in [0.29, 0.717) is 0 Å². The summed E-state index contributed by atoms with van der Waals surface area (Å²) in [6.07, 6.45) is -8.94. The highest BCUT2D eigenvalue weighted by Crippen LogP contribution is 2.49. The molecule has 0 spiro atoms. The Morgan fingerprint density at radius 2 is 1.51 bits per heavy atom. The van der Waals surface area contributed by atoms with E-state index in [1.54, 1.807) is 0 Å². The predicted molar refractivity (Wildman–Crippen MR) is 125 cm³/mol. The molecule has 5 N–H and O–H groups in total. The minimum Gasteiger partial charge on any atom is -0.394 e. The zero-order chi connectivity index (χ0) is 28.2. The second-order valence-electron chi connectivity index (χ2n) is 8.96. The average molecular weight is 576 g/mol. The van der Waals surface area contributed by atoms with E-state index in [0.717, 1.165) is 21.5 Å². The zero-order valence-electron chi connectivity index (χ0n) is 20.4. The van der Waals surface area contributed by atoms with Crippen molar-refractivity contribution < 1.29 is 47.7 Å². The highest BCUT2D eigenvalue weighted by atomic mass is 31.2. The lowest BCUT2D eigenvalue weighted by Gasteiger charge is -2.25. The predicted octanol–water partition coefficient (Wildman–Crippen LogP) is -3.25. The summed E-state index contributed by atoms with van der Waals surface area (Å²) in [6.45, 7) is -1.45. The van der Waals surface area contributed by atoms with Gasteiger partial charge in [0.2, 0.25) is 0 Å². The number of rotatable bonds is 3. The van der Waals surface area contributed by atoms with Crippen LogP contribution in [0.15, 0.2) is 31.6 Å². The van der Waals surface area contributed by atoms with Gasteiger partial charge in [-0.1, -0.05) is 0 Å². The minimum absolute atomic E-state index is 0.359. The Morgan fingerprint density at radius 3 is 2.03 bits per heavy atom. The summed E-state index contributed by atoms with van der Waals surface area (Å²) in [7, 11) is -2.55. The molecule has 0 aromatic carbocycles. The summed E-state index contributed by atoms with van der Waals surface area (Å²) in [5, 5.41) is 20.6. The molecule has 0 saturated carbocycles. The van der Waals surface area contributed by atoms with Crippen molar-refractivity contribution in [3.63, 3.8) is 0 Å². The second kappa shape index (κ2) is 10.3. The Bertz CT molecular complexity index is 1530. The van der Waals surface area contributed by atoms with E-state index >= 15 is 0 Å². The number of aliphatic hydroxyl groups is 2. The molecule has 5 heterocycles. The third kappa shape index (κ3) is 4.78. The molecule has 5 rings (SSSR count). The molecule has 0 amide bonds. The number of aliphatic hydroxyl groups excluding tert-OH is 2. The first kappa shape index (κ1) is 27.8. The van der Waals surface area contributed by atoms with Crippen molar-refractivity contribution in [2.75, 3.05) is 27.4 Å². The van der Waals surface area contributed by atoms with Crippen molar-refractivity contribution in [2.24, 2.45) is 0 Å². The van der Waals surface area contributed by atoms with Gasteiger partial charge in [0.1, 0.15) is 36.6 Å². The SMILES string of the molecule is CO[C@@H]1[C@H](O)[C@H]2COP(=O)(O)O[C@H]3[C@@H](OC)[C@@H](O[C@@H]3CO)n3cc(c(=O)[nH]c3=O)-c3cn(c(=O)[nH]c3=O)[C@@H]1O2. The number of aromatic amines is 2. The van der Waals surface area contributed by atoms with E-state index in [4.69, 9.17) is 28.0 Å². The van der Waals surface area contributed by atoms with E-state index in [1.807, 2.05) is 4.98 Å². The van der Waals surface area contributed by atoms with Gasteiger partial charge in [-0.2, -0.15) is 0 Å². The lowest BCUT2D eigenvalue weighted by Crippen LogP contribution is -2.41. The minimum atomic E-state index is -4.95. The standard InChI is InChI=1S/C20H25N4O14P/c1-33-13-11(26)10-6-35-39(31,32)38-12-9(5-25)36-18(14(12)34-2)24-4-8(16(28)22-20(24)30)7-3-23(17(13)37-10)19(29)21-15(7)27/h3-4,9-14,17-18,25-26H,5-6H2,1-2H3,(H,31,32)(H,21,27,29)(H,22,28,30)/t9-,10-,11-,12-,13-,14-,17-,18-/m1/s1. The maximum absolute atomic E-state index is 12.9. The maximum Gasteiger partial charge on any atom is 0.472 e. The van der Waals surface area contributed by atoms with E-state index in [1.165, 1.54) is 14.2 Å². The van der Waals surface area contributed by atoms with E-state index < -0.39 is 92.6 Å². The Kier molecular flexibility index (Phi) is 7.36. The topological polar surface area (TPSA) is 243 Å². The highest BCUT2D eigenvalue weighted by Gasteiger charge is 2.51. The van der Waals surface area contributed by atoms with Crippen molar-refractivity contribution in [1.82, 2.24) is 19.1 Å². The highest BCUT2D eigenvalue weighted by molar-refractivity contribution is 7.47. The van der Waals surface area contributed by atoms with Crippen LogP contribution in [0.4, 0.5) is 0 Å². The first-order chi connectivity index (χ1) is 18.5.